The number of carbonyl (C=O) groups excluding carboxylic acids is 2. The van der Waals surface area contributed by atoms with Crippen LogP contribution in [0.3, 0.4) is 0 Å². The van der Waals surface area contributed by atoms with Gasteiger partial charge < -0.3 is 0 Å². The van der Waals surface area contributed by atoms with Crippen LogP contribution in [0.2, 0.25) is 0 Å². The van der Waals surface area contributed by atoms with Crippen molar-refractivity contribution in [2.75, 3.05) is 6.54 Å². The SMILES string of the molecule is O=C1CNC2(CCC2)C(=O)N1. The Morgan fingerprint density at radius 3 is 2.45 bits per heavy atom. The Morgan fingerprint density at radius 1 is 1.27 bits per heavy atom. The first-order valence-electron chi connectivity index (χ1n) is 3.82. The van der Waals surface area contributed by atoms with Gasteiger partial charge in [-0.2, -0.15) is 0 Å². The lowest BCUT2D eigenvalue weighted by molar-refractivity contribution is -0.141. The highest BCUT2D eigenvalue weighted by molar-refractivity contribution is 6.03. The molecule has 60 valence electrons. The number of imide groups is 1. The second kappa shape index (κ2) is 2.04. The molecule has 0 atom stereocenters. The molecule has 1 aliphatic heterocycles. The molecule has 1 heterocycles. The van der Waals surface area contributed by atoms with E-state index in [1.807, 2.05) is 0 Å². The average Bonchev–Trinajstić information content (AvgIpc) is 1.84. The zero-order valence-electron chi connectivity index (χ0n) is 6.14. The van der Waals surface area contributed by atoms with Crippen molar-refractivity contribution in [2.24, 2.45) is 0 Å². The van der Waals surface area contributed by atoms with E-state index in [9.17, 15) is 9.59 Å². The van der Waals surface area contributed by atoms with Gasteiger partial charge >= 0.3 is 0 Å². The van der Waals surface area contributed by atoms with Gasteiger partial charge in [-0.15, -0.1) is 0 Å². The van der Waals surface area contributed by atoms with E-state index < -0.39 is 0 Å². The normalized spacial score (nSPS) is 28.0. The van der Waals surface area contributed by atoms with E-state index in [0.29, 0.717) is 0 Å². The van der Waals surface area contributed by atoms with Crippen LogP contribution in [0.25, 0.3) is 0 Å². The van der Waals surface area contributed by atoms with Crippen molar-refractivity contribution < 1.29 is 9.59 Å². The zero-order valence-corrected chi connectivity index (χ0v) is 6.14. The molecule has 4 heteroatoms. The second-order valence-electron chi connectivity index (χ2n) is 3.17. The van der Waals surface area contributed by atoms with E-state index in [4.69, 9.17) is 0 Å². The zero-order chi connectivity index (χ0) is 7.90. The van der Waals surface area contributed by atoms with E-state index in [-0.39, 0.29) is 23.9 Å². The summed E-state index contributed by atoms with van der Waals surface area (Å²) in [4.78, 5) is 21.9. The van der Waals surface area contributed by atoms with E-state index in [0.717, 1.165) is 19.3 Å². The predicted octanol–water partition coefficient (Wildman–Crippen LogP) is -0.845. The fourth-order valence-corrected chi connectivity index (χ4v) is 1.55. The van der Waals surface area contributed by atoms with Gasteiger partial charge in [-0.05, 0) is 19.3 Å². The first-order valence-corrected chi connectivity index (χ1v) is 3.82. The molecular formula is C7H10N2O2. The molecule has 2 amide bonds. The summed E-state index contributed by atoms with van der Waals surface area (Å²) in [5, 5.41) is 5.30. The Morgan fingerprint density at radius 2 is 2.00 bits per heavy atom. The minimum absolute atomic E-state index is 0.139. The lowest BCUT2D eigenvalue weighted by Gasteiger charge is -2.43. The summed E-state index contributed by atoms with van der Waals surface area (Å²) >= 11 is 0. The predicted molar refractivity (Wildman–Crippen MR) is 37.7 cm³/mol. The number of nitrogens with one attached hydrogen (secondary N) is 2. The molecule has 2 fully saturated rings. The van der Waals surface area contributed by atoms with Crippen molar-refractivity contribution in [3.8, 4) is 0 Å². The minimum atomic E-state index is -0.381. The first-order chi connectivity index (χ1) is 5.23. The Hall–Kier alpha value is -0.900. The van der Waals surface area contributed by atoms with Crippen molar-refractivity contribution >= 4 is 11.8 Å². The third kappa shape index (κ3) is 0.860. The fraction of sp³-hybridized carbons (Fsp3) is 0.714. The summed E-state index contributed by atoms with van der Waals surface area (Å²) in [6.45, 7) is 0.283. The van der Waals surface area contributed by atoms with Crippen LogP contribution in [0.4, 0.5) is 0 Å². The molecule has 4 nitrogen and oxygen atoms in total. The van der Waals surface area contributed by atoms with Gasteiger partial charge in [0.1, 0.15) is 0 Å². The highest BCUT2D eigenvalue weighted by Gasteiger charge is 2.46. The van der Waals surface area contributed by atoms with Gasteiger partial charge in [-0.1, -0.05) is 0 Å². The van der Waals surface area contributed by atoms with Gasteiger partial charge in [-0.3, -0.25) is 20.2 Å². The lowest BCUT2D eigenvalue weighted by atomic mass is 9.75. The molecule has 0 radical (unpaired) electrons. The van der Waals surface area contributed by atoms with Crippen LogP contribution in [0.1, 0.15) is 19.3 Å². The van der Waals surface area contributed by atoms with Crippen molar-refractivity contribution in [1.82, 2.24) is 10.6 Å². The summed E-state index contributed by atoms with van der Waals surface area (Å²) in [5.74, 6) is -0.354. The Kier molecular flexibility index (Phi) is 1.26. The number of amides is 2. The van der Waals surface area contributed by atoms with Crippen molar-refractivity contribution in [1.29, 1.82) is 0 Å². The smallest absolute Gasteiger partial charge is 0.246 e. The Balaban J connectivity index is 2.13. The van der Waals surface area contributed by atoms with Gasteiger partial charge in [0.15, 0.2) is 0 Å². The molecule has 1 aliphatic carbocycles. The molecular weight excluding hydrogens is 144 g/mol. The van der Waals surface area contributed by atoms with Crippen LogP contribution in [-0.2, 0) is 9.59 Å². The number of carbonyl (C=O) groups is 2. The van der Waals surface area contributed by atoms with Gasteiger partial charge in [0.25, 0.3) is 0 Å². The highest BCUT2D eigenvalue weighted by atomic mass is 16.2. The van der Waals surface area contributed by atoms with Gasteiger partial charge in [0.2, 0.25) is 11.8 Å². The molecule has 0 unspecified atom stereocenters. The van der Waals surface area contributed by atoms with Crippen molar-refractivity contribution in [2.45, 2.75) is 24.8 Å². The summed E-state index contributed by atoms with van der Waals surface area (Å²) in [7, 11) is 0. The van der Waals surface area contributed by atoms with Crippen LogP contribution in [-0.4, -0.2) is 23.9 Å². The largest absolute Gasteiger partial charge is 0.295 e. The quantitative estimate of drug-likeness (QED) is 0.447. The van der Waals surface area contributed by atoms with Gasteiger partial charge in [0.05, 0.1) is 12.1 Å². The lowest BCUT2D eigenvalue weighted by Crippen LogP contribution is -2.68. The molecule has 2 aliphatic rings. The van der Waals surface area contributed by atoms with Gasteiger partial charge in [0, 0.05) is 0 Å². The molecule has 2 rings (SSSR count). The molecule has 1 spiro atoms. The van der Waals surface area contributed by atoms with Crippen LogP contribution in [0.5, 0.6) is 0 Å². The maximum Gasteiger partial charge on any atom is 0.246 e. The highest BCUT2D eigenvalue weighted by Crippen LogP contribution is 2.32. The first kappa shape index (κ1) is 6.79. The summed E-state index contributed by atoms with van der Waals surface area (Å²) in [6.07, 6.45) is 2.81. The maximum atomic E-state index is 11.2. The molecule has 1 saturated carbocycles. The number of hydrogen-bond acceptors (Lipinski definition) is 3. The number of rotatable bonds is 0. The molecule has 0 bridgehead atoms. The van der Waals surface area contributed by atoms with E-state index >= 15 is 0 Å². The minimum Gasteiger partial charge on any atom is -0.295 e. The van der Waals surface area contributed by atoms with Crippen molar-refractivity contribution in [3.05, 3.63) is 0 Å². The molecule has 0 aromatic heterocycles. The number of hydrogen-bond donors (Lipinski definition) is 2. The second-order valence-corrected chi connectivity index (χ2v) is 3.17. The Labute approximate surface area is 64.3 Å². The molecule has 2 N–H and O–H groups in total. The van der Waals surface area contributed by atoms with Crippen LogP contribution >= 0.6 is 0 Å². The van der Waals surface area contributed by atoms with E-state index in [1.54, 1.807) is 0 Å². The fourth-order valence-electron chi connectivity index (χ4n) is 1.55. The average molecular weight is 154 g/mol. The Bertz CT molecular complexity index is 220. The van der Waals surface area contributed by atoms with E-state index in [2.05, 4.69) is 10.6 Å². The number of piperazine rings is 1. The van der Waals surface area contributed by atoms with Crippen LogP contribution in [0, 0.1) is 0 Å². The van der Waals surface area contributed by atoms with Crippen molar-refractivity contribution in [3.63, 3.8) is 0 Å². The topological polar surface area (TPSA) is 58.2 Å². The summed E-state index contributed by atoms with van der Waals surface area (Å²) in [5.41, 5.74) is -0.381. The standard InChI is InChI=1S/C7H10N2O2/c10-5-4-8-7(2-1-3-7)6(11)9-5/h8H,1-4H2,(H,9,10,11). The summed E-state index contributed by atoms with van der Waals surface area (Å²) < 4.78 is 0. The summed E-state index contributed by atoms with van der Waals surface area (Å²) in [6, 6.07) is 0. The monoisotopic (exact) mass is 154 g/mol. The third-order valence-electron chi connectivity index (χ3n) is 2.48. The molecule has 0 aromatic carbocycles. The maximum absolute atomic E-state index is 11.2. The molecule has 1 saturated heterocycles. The van der Waals surface area contributed by atoms with Gasteiger partial charge in [-0.25, -0.2) is 0 Å². The third-order valence-corrected chi connectivity index (χ3v) is 2.48. The molecule has 11 heavy (non-hydrogen) atoms. The molecule has 0 aromatic rings. The van der Waals surface area contributed by atoms with Crippen LogP contribution in [0.15, 0.2) is 0 Å². The van der Waals surface area contributed by atoms with Crippen LogP contribution < -0.4 is 10.6 Å². The van der Waals surface area contributed by atoms with E-state index in [1.165, 1.54) is 0 Å².